The summed E-state index contributed by atoms with van der Waals surface area (Å²) in [4.78, 5) is 15.5. The molecule has 1 aliphatic rings. The Balaban J connectivity index is 0.00000481. The highest BCUT2D eigenvalue weighted by Gasteiger charge is 2.39. The maximum Gasteiger partial charge on any atom is 0.182 e. The van der Waals surface area contributed by atoms with E-state index in [2.05, 4.69) is 6.92 Å². The molecule has 7 heteroatoms. The van der Waals surface area contributed by atoms with Gasteiger partial charge >= 0.3 is 0 Å². The molecule has 1 saturated heterocycles. The predicted octanol–water partition coefficient (Wildman–Crippen LogP) is 7.90. The van der Waals surface area contributed by atoms with Crippen LogP contribution in [0.15, 0.2) is 30.3 Å². The minimum absolute atomic E-state index is 0. The van der Waals surface area contributed by atoms with Gasteiger partial charge in [0.2, 0.25) is 0 Å². The van der Waals surface area contributed by atoms with E-state index in [1.807, 2.05) is 76.8 Å². The lowest BCUT2D eigenvalue weighted by Gasteiger charge is -2.28. The van der Waals surface area contributed by atoms with Gasteiger partial charge in [0.25, 0.3) is 0 Å². The first-order chi connectivity index (χ1) is 16.7. The second-order valence-corrected chi connectivity index (χ2v) is 12.4. The summed E-state index contributed by atoms with van der Waals surface area (Å²) in [5.74, 6) is 1.40. The SMILES string of the molecule is Br.CCC[C@@H]1CN(CC(=O)c2cc(C(C)(C)C)c(O)c(C(C)(C)C)c2)C(=N)[C@@H]1c1ccc(OC)c(Cl)c1. The number of nitrogens with one attached hydrogen (secondary N) is 1. The van der Waals surface area contributed by atoms with Crippen molar-refractivity contribution in [2.75, 3.05) is 20.2 Å². The van der Waals surface area contributed by atoms with E-state index in [1.54, 1.807) is 7.11 Å². The van der Waals surface area contributed by atoms with Gasteiger partial charge in [0.15, 0.2) is 5.78 Å². The number of carbonyl (C=O) groups excluding carboxylic acids is 1. The monoisotopic (exact) mass is 592 g/mol. The van der Waals surface area contributed by atoms with E-state index >= 15 is 0 Å². The molecule has 2 aromatic rings. The quantitative estimate of drug-likeness (QED) is 0.320. The molecule has 2 aromatic carbocycles. The summed E-state index contributed by atoms with van der Waals surface area (Å²) in [7, 11) is 1.59. The van der Waals surface area contributed by atoms with Gasteiger partial charge in [-0.15, -0.1) is 17.0 Å². The zero-order valence-corrected chi connectivity index (χ0v) is 25.8. The lowest BCUT2D eigenvalue weighted by atomic mass is 9.78. The number of phenols is 1. The van der Waals surface area contributed by atoms with Crippen molar-refractivity contribution in [2.24, 2.45) is 5.92 Å². The topological polar surface area (TPSA) is 73.6 Å². The molecule has 0 saturated carbocycles. The van der Waals surface area contributed by atoms with E-state index < -0.39 is 0 Å². The summed E-state index contributed by atoms with van der Waals surface area (Å²) in [5, 5.41) is 20.6. The number of halogens is 2. The second kappa shape index (κ2) is 11.8. The zero-order valence-electron chi connectivity index (χ0n) is 23.4. The predicted molar refractivity (Wildman–Crippen MR) is 159 cm³/mol. The van der Waals surface area contributed by atoms with Crippen molar-refractivity contribution in [2.45, 2.75) is 78.1 Å². The van der Waals surface area contributed by atoms with Crippen LogP contribution in [0.2, 0.25) is 5.02 Å². The number of carbonyl (C=O) groups is 1. The van der Waals surface area contributed by atoms with Gasteiger partial charge in [-0.1, -0.05) is 72.6 Å². The number of ether oxygens (including phenoxy) is 1. The third-order valence-electron chi connectivity index (χ3n) is 7.14. The maximum absolute atomic E-state index is 13.6. The smallest absolute Gasteiger partial charge is 0.182 e. The van der Waals surface area contributed by atoms with Crippen LogP contribution in [0.1, 0.15) is 94.3 Å². The summed E-state index contributed by atoms with van der Waals surface area (Å²) in [6, 6.07) is 9.37. The van der Waals surface area contributed by atoms with Gasteiger partial charge in [0.1, 0.15) is 17.3 Å². The Morgan fingerprint density at radius 2 is 1.68 bits per heavy atom. The first-order valence-electron chi connectivity index (χ1n) is 12.8. The molecule has 5 nitrogen and oxygen atoms in total. The lowest BCUT2D eigenvalue weighted by molar-refractivity contribution is 0.0963. The molecule has 204 valence electrons. The fourth-order valence-electron chi connectivity index (χ4n) is 5.19. The molecule has 1 fully saturated rings. The number of phenolic OH excluding ortho intramolecular Hbond substituents is 1. The van der Waals surface area contributed by atoms with Gasteiger partial charge in [-0.3, -0.25) is 10.2 Å². The van der Waals surface area contributed by atoms with Gasteiger partial charge in [0.05, 0.1) is 18.7 Å². The third kappa shape index (κ3) is 6.69. The number of amidine groups is 1. The summed E-state index contributed by atoms with van der Waals surface area (Å²) in [6.45, 7) is 15.2. The van der Waals surface area contributed by atoms with E-state index in [9.17, 15) is 9.90 Å². The molecule has 37 heavy (non-hydrogen) atoms. The number of likely N-dealkylation sites (tertiary alicyclic amines) is 1. The molecule has 2 atom stereocenters. The van der Waals surface area contributed by atoms with Crippen LogP contribution in [0.3, 0.4) is 0 Å². The molecule has 1 aliphatic heterocycles. The van der Waals surface area contributed by atoms with Crippen molar-refractivity contribution in [3.05, 3.63) is 57.6 Å². The van der Waals surface area contributed by atoms with E-state index in [-0.39, 0.29) is 57.7 Å². The van der Waals surface area contributed by atoms with Crippen LogP contribution in [-0.2, 0) is 10.8 Å². The molecular weight excluding hydrogens is 552 g/mol. The van der Waals surface area contributed by atoms with E-state index in [0.29, 0.717) is 28.7 Å². The fourth-order valence-corrected chi connectivity index (χ4v) is 5.46. The largest absolute Gasteiger partial charge is 0.507 e. The van der Waals surface area contributed by atoms with Gasteiger partial charge in [-0.2, -0.15) is 0 Å². The van der Waals surface area contributed by atoms with Gasteiger partial charge in [-0.05, 0) is 53.0 Å². The Morgan fingerprint density at radius 3 is 2.14 bits per heavy atom. The molecule has 0 aliphatic carbocycles. The number of benzene rings is 2. The number of Topliss-reactive ketones (excluding diaryl/α,β-unsaturated/α-hetero) is 1. The molecule has 1 heterocycles. The van der Waals surface area contributed by atoms with Gasteiger partial charge in [-0.25, -0.2) is 0 Å². The number of hydrogen-bond donors (Lipinski definition) is 2. The van der Waals surface area contributed by atoms with E-state index in [1.165, 1.54) is 0 Å². The summed E-state index contributed by atoms with van der Waals surface area (Å²) in [6.07, 6.45) is 1.96. The summed E-state index contributed by atoms with van der Waals surface area (Å²) in [5.41, 5.74) is 2.47. The third-order valence-corrected chi connectivity index (χ3v) is 7.43. The number of methoxy groups -OCH3 is 1. The minimum atomic E-state index is -0.314. The van der Waals surface area contributed by atoms with E-state index in [0.717, 1.165) is 29.5 Å². The van der Waals surface area contributed by atoms with Crippen molar-refractivity contribution >= 4 is 40.2 Å². The zero-order chi connectivity index (χ0) is 27.0. The molecule has 0 amide bonds. The number of hydrogen-bond acceptors (Lipinski definition) is 4. The lowest BCUT2D eigenvalue weighted by Crippen LogP contribution is -2.32. The Morgan fingerprint density at radius 1 is 1.11 bits per heavy atom. The minimum Gasteiger partial charge on any atom is -0.507 e. The highest BCUT2D eigenvalue weighted by Crippen LogP contribution is 2.41. The Kier molecular flexibility index (Phi) is 9.92. The molecule has 3 rings (SSSR count). The maximum atomic E-state index is 13.6. The Hall–Kier alpha value is -2.05. The molecule has 0 unspecified atom stereocenters. The molecule has 0 aromatic heterocycles. The number of rotatable bonds is 7. The van der Waals surface area contributed by atoms with Crippen molar-refractivity contribution < 1.29 is 14.6 Å². The molecule has 0 radical (unpaired) electrons. The van der Waals surface area contributed by atoms with Crippen LogP contribution in [0.5, 0.6) is 11.5 Å². The first-order valence-corrected chi connectivity index (χ1v) is 13.1. The highest BCUT2D eigenvalue weighted by atomic mass is 79.9. The van der Waals surface area contributed by atoms with Gasteiger partial charge < -0.3 is 14.7 Å². The average molecular weight is 594 g/mol. The number of nitrogens with zero attached hydrogens (tertiary/aromatic N) is 1. The standard InChI is InChI=1S/C30H41ClN2O3.BrH/c1-9-10-19-16-33(28(32)26(19)18-11-12-25(36-8)23(31)15-18)17-24(34)20-13-21(29(2,3)4)27(35)22(14-20)30(5,6)7;/h11-15,19,26,32,35H,9-10,16-17H2,1-8H3;1H/t19-,26-;/m1./s1. The average Bonchev–Trinajstić information content (AvgIpc) is 3.07. The van der Waals surface area contributed by atoms with Crippen molar-refractivity contribution in [1.29, 1.82) is 5.41 Å². The number of aromatic hydroxyl groups is 1. The van der Waals surface area contributed by atoms with Crippen LogP contribution in [-0.4, -0.2) is 41.8 Å². The number of ketones is 1. The summed E-state index contributed by atoms with van der Waals surface area (Å²) < 4.78 is 5.30. The molecule has 0 spiro atoms. The first kappa shape index (κ1) is 31.2. The second-order valence-electron chi connectivity index (χ2n) is 12.0. The van der Waals surface area contributed by atoms with Crippen molar-refractivity contribution in [3.63, 3.8) is 0 Å². The molecule has 0 bridgehead atoms. The van der Waals surface area contributed by atoms with Gasteiger partial charge in [0, 0.05) is 29.2 Å². The Bertz CT molecular complexity index is 1120. The fraction of sp³-hybridized carbons (Fsp3) is 0.533. The van der Waals surface area contributed by atoms with Crippen molar-refractivity contribution in [3.8, 4) is 11.5 Å². The van der Waals surface area contributed by atoms with Crippen LogP contribution in [0, 0.1) is 11.3 Å². The van der Waals surface area contributed by atoms with Crippen LogP contribution in [0.25, 0.3) is 0 Å². The molecular formula is C30H42BrClN2O3. The molecule has 2 N–H and O–H groups in total. The Labute approximate surface area is 237 Å². The van der Waals surface area contributed by atoms with Crippen LogP contribution in [0.4, 0.5) is 0 Å². The van der Waals surface area contributed by atoms with E-state index in [4.69, 9.17) is 21.7 Å². The summed E-state index contributed by atoms with van der Waals surface area (Å²) >= 11 is 6.41. The van der Waals surface area contributed by atoms with Crippen molar-refractivity contribution in [1.82, 2.24) is 4.90 Å². The normalized spacial score (nSPS) is 18.1. The van der Waals surface area contributed by atoms with Crippen LogP contribution < -0.4 is 4.74 Å². The van der Waals surface area contributed by atoms with Crippen LogP contribution >= 0.6 is 28.6 Å². The highest BCUT2D eigenvalue weighted by molar-refractivity contribution is 8.93.